The van der Waals surface area contributed by atoms with Gasteiger partial charge in [-0.1, -0.05) is 0 Å². The second-order valence-electron chi connectivity index (χ2n) is 7.74. The van der Waals surface area contributed by atoms with E-state index in [0.717, 1.165) is 33.2 Å². The zero-order valence-corrected chi connectivity index (χ0v) is 20.9. The van der Waals surface area contributed by atoms with Gasteiger partial charge in [-0.15, -0.1) is 0 Å². The summed E-state index contributed by atoms with van der Waals surface area (Å²) >= 11 is 0. The van der Waals surface area contributed by atoms with Crippen molar-refractivity contribution >= 4 is 27.8 Å². The molecule has 1 amide bonds. The van der Waals surface area contributed by atoms with E-state index in [2.05, 4.69) is 10.5 Å². The Kier molecular flexibility index (Phi) is 7.80. The average molecular weight is 503 g/mol. The molecule has 35 heavy (non-hydrogen) atoms. The SMILES string of the molecule is COc1ccc(N(CC(=O)N/N=C\c2cc(C)n(-c3ccc(F)cc3)c2C)S(C)(=O)=O)c(OC)c1. The summed E-state index contributed by atoms with van der Waals surface area (Å²) < 4.78 is 51.4. The highest BCUT2D eigenvalue weighted by Gasteiger charge is 2.24. The summed E-state index contributed by atoms with van der Waals surface area (Å²) in [5.41, 5.74) is 5.83. The number of sulfonamides is 1. The number of carbonyl (C=O) groups is 1. The lowest BCUT2D eigenvalue weighted by Crippen LogP contribution is -2.39. The zero-order chi connectivity index (χ0) is 25.8. The van der Waals surface area contributed by atoms with Crippen LogP contribution in [-0.4, -0.2) is 52.1 Å². The summed E-state index contributed by atoms with van der Waals surface area (Å²) in [6, 6.07) is 12.6. The number of nitrogens with one attached hydrogen (secondary N) is 1. The van der Waals surface area contributed by atoms with Gasteiger partial charge in [0, 0.05) is 28.7 Å². The molecular weight excluding hydrogens is 475 g/mol. The summed E-state index contributed by atoms with van der Waals surface area (Å²) in [7, 11) is -0.944. The van der Waals surface area contributed by atoms with Crippen LogP contribution in [0.4, 0.5) is 10.1 Å². The fraction of sp³-hybridized carbons (Fsp3) is 0.250. The van der Waals surface area contributed by atoms with E-state index in [-0.39, 0.29) is 17.3 Å². The topological polar surface area (TPSA) is 102 Å². The molecule has 0 saturated carbocycles. The Morgan fingerprint density at radius 2 is 1.80 bits per heavy atom. The predicted octanol–water partition coefficient (Wildman–Crippen LogP) is 3.17. The van der Waals surface area contributed by atoms with Gasteiger partial charge < -0.3 is 14.0 Å². The molecular formula is C24H27FN4O5S. The second kappa shape index (κ2) is 10.6. The number of hydrogen-bond donors (Lipinski definition) is 1. The lowest BCUT2D eigenvalue weighted by molar-refractivity contribution is -0.119. The Labute approximate surface area is 203 Å². The van der Waals surface area contributed by atoms with E-state index in [4.69, 9.17) is 9.47 Å². The lowest BCUT2D eigenvalue weighted by atomic mass is 10.2. The zero-order valence-electron chi connectivity index (χ0n) is 20.1. The molecule has 11 heteroatoms. The third-order valence-corrected chi connectivity index (χ3v) is 6.42. The molecule has 1 heterocycles. The number of halogens is 1. The highest BCUT2D eigenvalue weighted by Crippen LogP contribution is 2.33. The Morgan fingerprint density at radius 1 is 1.11 bits per heavy atom. The molecule has 0 unspecified atom stereocenters. The van der Waals surface area contributed by atoms with Gasteiger partial charge in [-0.2, -0.15) is 5.10 Å². The van der Waals surface area contributed by atoms with E-state index in [9.17, 15) is 17.6 Å². The van der Waals surface area contributed by atoms with Crippen molar-refractivity contribution in [3.63, 3.8) is 0 Å². The van der Waals surface area contributed by atoms with Crippen molar-refractivity contribution in [1.29, 1.82) is 0 Å². The fourth-order valence-corrected chi connectivity index (χ4v) is 4.48. The van der Waals surface area contributed by atoms with E-state index < -0.39 is 22.5 Å². The van der Waals surface area contributed by atoms with Crippen LogP contribution < -0.4 is 19.2 Å². The molecule has 1 aromatic heterocycles. The number of nitrogens with zero attached hydrogens (tertiary/aromatic N) is 3. The van der Waals surface area contributed by atoms with Gasteiger partial charge in [0.15, 0.2) is 0 Å². The Hall–Kier alpha value is -3.86. The lowest BCUT2D eigenvalue weighted by Gasteiger charge is -2.23. The molecule has 0 fully saturated rings. The summed E-state index contributed by atoms with van der Waals surface area (Å²) in [5.74, 6) is -0.251. The standard InChI is InChI=1S/C24H27FN4O5S/c1-16-12-18(17(2)29(16)20-8-6-19(25)7-9-20)14-26-27-24(30)15-28(35(5,31)32)22-11-10-21(33-3)13-23(22)34-4/h6-14H,15H2,1-5H3,(H,27,30)/b26-14-. The van der Waals surface area contributed by atoms with Crippen molar-refractivity contribution in [2.45, 2.75) is 13.8 Å². The highest BCUT2D eigenvalue weighted by molar-refractivity contribution is 7.92. The number of hydrogen-bond acceptors (Lipinski definition) is 6. The van der Waals surface area contributed by atoms with Gasteiger partial charge in [0.25, 0.3) is 5.91 Å². The number of aromatic nitrogens is 1. The van der Waals surface area contributed by atoms with Gasteiger partial charge >= 0.3 is 0 Å². The molecule has 0 bridgehead atoms. The minimum atomic E-state index is -3.82. The fourth-order valence-electron chi connectivity index (χ4n) is 3.62. The van der Waals surface area contributed by atoms with Crippen molar-refractivity contribution < 1.29 is 27.1 Å². The van der Waals surface area contributed by atoms with E-state index in [1.165, 1.54) is 44.7 Å². The van der Waals surface area contributed by atoms with Gasteiger partial charge in [-0.25, -0.2) is 18.2 Å². The molecule has 186 valence electrons. The van der Waals surface area contributed by atoms with Crippen molar-refractivity contribution in [3.8, 4) is 17.2 Å². The van der Waals surface area contributed by atoms with Crippen molar-refractivity contribution in [2.75, 3.05) is 31.3 Å². The number of amides is 1. The molecule has 0 radical (unpaired) electrons. The van der Waals surface area contributed by atoms with Crippen LogP contribution in [0.5, 0.6) is 11.5 Å². The van der Waals surface area contributed by atoms with Gasteiger partial charge in [0.1, 0.15) is 23.9 Å². The van der Waals surface area contributed by atoms with Crippen LogP contribution >= 0.6 is 0 Å². The first-order chi connectivity index (χ1) is 16.5. The molecule has 0 saturated heterocycles. The molecule has 3 aromatic rings. The Morgan fingerprint density at radius 3 is 2.40 bits per heavy atom. The summed E-state index contributed by atoms with van der Waals surface area (Å²) in [5, 5.41) is 3.99. The Balaban J connectivity index is 1.77. The first-order valence-electron chi connectivity index (χ1n) is 10.5. The minimum absolute atomic E-state index is 0.192. The van der Waals surface area contributed by atoms with Crippen LogP contribution in [0.1, 0.15) is 17.0 Å². The highest BCUT2D eigenvalue weighted by atomic mass is 32.2. The minimum Gasteiger partial charge on any atom is -0.497 e. The summed E-state index contributed by atoms with van der Waals surface area (Å²) in [6.07, 6.45) is 2.47. The van der Waals surface area contributed by atoms with E-state index in [1.807, 2.05) is 24.5 Å². The van der Waals surface area contributed by atoms with E-state index in [0.29, 0.717) is 5.75 Å². The number of benzene rings is 2. The maximum Gasteiger partial charge on any atom is 0.260 e. The summed E-state index contributed by atoms with van der Waals surface area (Å²) in [6.45, 7) is 3.27. The number of anilines is 1. The number of carbonyl (C=O) groups excluding carboxylic acids is 1. The maximum atomic E-state index is 13.3. The molecule has 0 aliphatic carbocycles. The maximum absolute atomic E-state index is 13.3. The van der Waals surface area contributed by atoms with Crippen LogP contribution in [0, 0.1) is 19.7 Å². The van der Waals surface area contributed by atoms with Gasteiger partial charge in [0.05, 0.1) is 32.4 Å². The number of ether oxygens (including phenoxy) is 2. The first kappa shape index (κ1) is 25.8. The van der Waals surface area contributed by atoms with Gasteiger partial charge in [-0.3, -0.25) is 9.10 Å². The van der Waals surface area contributed by atoms with Crippen molar-refractivity contribution in [1.82, 2.24) is 9.99 Å². The molecule has 0 aliphatic rings. The van der Waals surface area contributed by atoms with E-state index in [1.54, 1.807) is 18.2 Å². The average Bonchev–Trinajstić information content (AvgIpc) is 3.10. The smallest absolute Gasteiger partial charge is 0.260 e. The third kappa shape index (κ3) is 5.99. The number of rotatable bonds is 9. The molecule has 0 atom stereocenters. The molecule has 9 nitrogen and oxygen atoms in total. The monoisotopic (exact) mass is 502 g/mol. The number of aryl methyl sites for hydroxylation is 1. The summed E-state index contributed by atoms with van der Waals surface area (Å²) in [4.78, 5) is 12.6. The second-order valence-corrected chi connectivity index (χ2v) is 9.65. The number of hydrazone groups is 1. The third-order valence-electron chi connectivity index (χ3n) is 5.29. The molecule has 1 N–H and O–H groups in total. The number of methoxy groups -OCH3 is 2. The molecule has 0 aliphatic heterocycles. The predicted molar refractivity (Wildman–Crippen MR) is 133 cm³/mol. The molecule has 2 aromatic carbocycles. The quantitative estimate of drug-likeness (QED) is 0.358. The largest absolute Gasteiger partial charge is 0.497 e. The first-order valence-corrected chi connectivity index (χ1v) is 12.4. The van der Waals surface area contributed by atoms with Gasteiger partial charge in [0.2, 0.25) is 10.0 Å². The van der Waals surface area contributed by atoms with E-state index >= 15 is 0 Å². The van der Waals surface area contributed by atoms with Gasteiger partial charge in [-0.05, 0) is 56.3 Å². The normalized spacial score (nSPS) is 11.5. The van der Waals surface area contributed by atoms with Crippen LogP contribution in [0.25, 0.3) is 5.69 Å². The Bertz CT molecular complexity index is 1350. The van der Waals surface area contributed by atoms with Crippen LogP contribution in [0.3, 0.4) is 0 Å². The molecule has 0 spiro atoms. The van der Waals surface area contributed by atoms with Crippen LogP contribution in [0.2, 0.25) is 0 Å². The van der Waals surface area contributed by atoms with Crippen molar-refractivity contribution in [3.05, 3.63) is 71.3 Å². The van der Waals surface area contributed by atoms with Crippen LogP contribution in [0.15, 0.2) is 53.6 Å². The van der Waals surface area contributed by atoms with Crippen molar-refractivity contribution in [2.24, 2.45) is 5.10 Å². The molecule has 3 rings (SSSR count). The van der Waals surface area contributed by atoms with Crippen LogP contribution in [-0.2, 0) is 14.8 Å².